The summed E-state index contributed by atoms with van der Waals surface area (Å²) < 4.78 is 5.10. The lowest BCUT2D eigenvalue weighted by Gasteiger charge is -2.25. The molecule has 1 amide bonds. The lowest BCUT2D eigenvalue weighted by atomic mass is 10.1. The van der Waals surface area contributed by atoms with E-state index in [9.17, 15) is 4.79 Å². The van der Waals surface area contributed by atoms with Crippen LogP contribution in [0.5, 0.6) is 0 Å². The van der Waals surface area contributed by atoms with Crippen molar-refractivity contribution < 1.29 is 9.21 Å². The average molecular weight is 217 g/mol. The van der Waals surface area contributed by atoms with E-state index < -0.39 is 0 Å². The summed E-state index contributed by atoms with van der Waals surface area (Å²) in [5, 5.41) is 0. The number of hydrogen-bond acceptors (Lipinski definition) is 3. The number of fused-ring (bicyclic) bond motifs is 1. The predicted octanol–water partition coefficient (Wildman–Crippen LogP) is 1.20. The smallest absolute Gasteiger partial charge is 0.289 e. The van der Waals surface area contributed by atoms with Gasteiger partial charge in [-0.25, -0.2) is 4.98 Å². The Bertz CT molecular complexity index is 501. The number of rotatable bonds is 1. The minimum Gasteiger partial charge on any atom is -0.459 e. The van der Waals surface area contributed by atoms with Gasteiger partial charge in [0, 0.05) is 13.0 Å². The first-order valence-electron chi connectivity index (χ1n) is 5.18. The van der Waals surface area contributed by atoms with Gasteiger partial charge in [0.05, 0.1) is 30.5 Å². The molecule has 0 aromatic carbocycles. The number of nitrogens with one attached hydrogen (secondary N) is 1. The average Bonchev–Trinajstić information content (AvgIpc) is 2.98. The van der Waals surface area contributed by atoms with Crippen molar-refractivity contribution in [3.63, 3.8) is 0 Å². The van der Waals surface area contributed by atoms with E-state index in [1.807, 2.05) is 0 Å². The van der Waals surface area contributed by atoms with Gasteiger partial charge in [0.1, 0.15) is 0 Å². The summed E-state index contributed by atoms with van der Waals surface area (Å²) in [5.41, 5.74) is 2.08. The van der Waals surface area contributed by atoms with Crippen LogP contribution < -0.4 is 0 Å². The molecule has 0 atom stereocenters. The summed E-state index contributed by atoms with van der Waals surface area (Å²) in [6.45, 7) is 1.27. The highest BCUT2D eigenvalue weighted by molar-refractivity contribution is 5.91. The Morgan fingerprint density at radius 2 is 2.50 bits per heavy atom. The summed E-state index contributed by atoms with van der Waals surface area (Å²) in [5.74, 6) is 0.327. The second kappa shape index (κ2) is 3.52. The van der Waals surface area contributed by atoms with Gasteiger partial charge in [0.25, 0.3) is 5.91 Å². The number of aromatic amines is 1. The predicted molar refractivity (Wildman–Crippen MR) is 55.7 cm³/mol. The van der Waals surface area contributed by atoms with E-state index in [4.69, 9.17) is 4.42 Å². The number of furan rings is 1. The van der Waals surface area contributed by atoms with Gasteiger partial charge in [-0.2, -0.15) is 0 Å². The van der Waals surface area contributed by atoms with E-state index in [2.05, 4.69) is 9.97 Å². The van der Waals surface area contributed by atoms with Crippen molar-refractivity contribution in [2.24, 2.45) is 0 Å². The number of imidazole rings is 1. The molecule has 5 nitrogen and oxygen atoms in total. The Hall–Kier alpha value is -2.04. The third-order valence-electron chi connectivity index (χ3n) is 2.79. The van der Waals surface area contributed by atoms with Gasteiger partial charge < -0.3 is 14.3 Å². The van der Waals surface area contributed by atoms with Crippen molar-refractivity contribution in [3.05, 3.63) is 41.9 Å². The van der Waals surface area contributed by atoms with Crippen LogP contribution in [0.1, 0.15) is 21.9 Å². The van der Waals surface area contributed by atoms with Crippen LogP contribution in [-0.2, 0) is 13.0 Å². The summed E-state index contributed by atoms with van der Waals surface area (Å²) in [6, 6.07) is 3.41. The summed E-state index contributed by atoms with van der Waals surface area (Å²) in [6.07, 6.45) is 3.98. The zero-order valence-corrected chi connectivity index (χ0v) is 8.64. The molecule has 0 saturated carbocycles. The molecule has 2 aromatic rings. The maximum Gasteiger partial charge on any atom is 0.289 e. The molecule has 0 saturated heterocycles. The van der Waals surface area contributed by atoms with Crippen LogP contribution in [0.2, 0.25) is 0 Å². The quantitative estimate of drug-likeness (QED) is 0.780. The second-order valence-corrected chi connectivity index (χ2v) is 3.78. The van der Waals surface area contributed by atoms with Crippen LogP contribution in [0, 0.1) is 0 Å². The van der Waals surface area contributed by atoms with Crippen molar-refractivity contribution in [1.82, 2.24) is 14.9 Å². The highest BCUT2D eigenvalue weighted by Crippen LogP contribution is 2.17. The first-order chi connectivity index (χ1) is 7.84. The SMILES string of the molecule is O=C(c1ccco1)N1CCc2nc[nH]c2C1. The van der Waals surface area contributed by atoms with Gasteiger partial charge in [0.15, 0.2) is 5.76 Å². The molecule has 82 valence electrons. The summed E-state index contributed by atoms with van der Waals surface area (Å²) in [4.78, 5) is 21.0. The minimum atomic E-state index is -0.0646. The number of amides is 1. The van der Waals surface area contributed by atoms with Crippen LogP contribution in [0.25, 0.3) is 0 Å². The zero-order chi connectivity index (χ0) is 11.0. The molecule has 2 aromatic heterocycles. The fourth-order valence-electron chi connectivity index (χ4n) is 1.94. The molecular weight excluding hydrogens is 206 g/mol. The topological polar surface area (TPSA) is 62.1 Å². The molecule has 0 radical (unpaired) electrons. The van der Waals surface area contributed by atoms with Gasteiger partial charge in [-0.15, -0.1) is 0 Å². The molecule has 1 aliphatic heterocycles. The Kier molecular flexibility index (Phi) is 2.02. The first-order valence-corrected chi connectivity index (χ1v) is 5.18. The van der Waals surface area contributed by atoms with E-state index in [0.717, 1.165) is 17.8 Å². The minimum absolute atomic E-state index is 0.0646. The lowest BCUT2D eigenvalue weighted by Crippen LogP contribution is -2.35. The molecule has 16 heavy (non-hydrogen) atoms. The molecule has 0 spiro atoms. The third kappa shape index (κ3) is 1.41. The fraction of sp³-hybridized carbons (Fsp3) is 0.273. The van der Waals surface area contributed by atoms with Crippen molar-refractivity contribution in [2.45, 2.75) is 13.0 Å². The molecule has 0 unspecified atom stereocenters. The number of carbonyl (C=O) groups excluding carboxylic acids is 1. The molecule has 5 heteroatoms. The van der Waals surface area contributed by atoms with Crippen LogP contribution in [0.3, 0.4) is 0 Å². The maximum atomic E-state index is 12.0. The van der Waals surface area contributed by atoms with E-state index in [0.29, 0.717) is 18.8 Å². The number of carbonyl (C=O) groups is 1. The largest absolute Gasteiger partial charge is 0.459 e. The highest BCUT2D eigenvalue weighted by atomic mass is 16.3. The third-order valence-corrected chi connectivity index (χ3v) is 2.79. The van der Waals surface area contributed by atoms with Crippen LogP contribution in [-0.4, -0.2) is 27.3 Å². The van der Waals surface area contributed by atoms with Crippen molar-refractivity contribution in [1.29, 1.82) is 0 Å². The Labute approximate surface area is 92.1 Å². The van der Waals surface area contributed by atoms with Crippen molar-refractivity contribution in [2.75, 3.05) is 6.54 Å². The maximum absolute atomic E-state index is 12.0. The molecule has 0 bridgehead atoms. The van der Waals surface area contributed by atoms with Crippen LogP contribution in [0.15, 0.2) is 29.1 Å². The van der Waals surface area contributed by atoms with Gasteiger partial charge in [-0.05, 0) is 12.1 Å². The monoisotopic (exact) mass is 217 g/mol. The second-order valence-electron chi connectivity index (χ2n) is 3.78. The fourth-order valence-corrected chi connectivity index (χ4v) is 1.94. The molecule has 3 heterocycles. The molecule has 1 aliphatic rings. The number of aromatic nitrogens is 2. The van der Waals surface area contributed by atoms with E-state index in [-0.39, 0.29) is 5.91 Å². The van der Waals surface area contributed by atoms with Crippen LogP contribution >= 0.6 is 0 Å². The van der Waals surface area contributed by atoms with Crippen molar-refractivity contribution >= 4 is 5.91 Å². The summed E-state index contributed by atoms with van der Waals surface area (Å²) >= 11 is 0. The van der Waals surface area contributed by atoms with Crippen molar-refractivity contribution in [3.8, 4) is 0 Å². The lowest BCUT2D eigenvalue weighted by molar-refractivity contribution is 0.0699. The Morgan fingerprint density at radius 3 is 3.31 bits per heavy atom. The molecule has 3 rings (SSSR count). The zero-order valence-electron chi connectivity index (χ0n) is 8.64. The Morgan fingerprint density at radius 1 is 1.56 bits per heavy atom. The first kappa shape index (κ1) is 9.21. The van der Waals surface area contributed by atoms with E-state index in [1.165, 1.54) is 6.26 Å². The Balaban J connectivity index is 1.81. The standard InChI is InChI=1S/C11H11N3O2/c15-11(10-2-1-5-16-10)14-4-3-8-9(6-14)13-7-12-8/h1-2,5,7H,3-4,6H2,(H,12,13). The van der Waals surface area contributed by atoms with Gasteiger partial charge in [-0.3, -0.25) is 4.79 Å². The van der Waals surface area contributed by atoms with E-state index >= 15 is 0 Å². The van der Waals surface area contributed by atoms with Gasteiger partial charge in [-0.1, -0.05) is 0 Å². The number of hydrogen-bond donors (Lipinski definition) is 1. The molecular formula is C11H11N3O2. The molecule has 1 N–H and O–H groups in total. The van der Waals surface area contributed by atoms with E-state index in [1.54, 1.807) is 23.4 Å². The normalized spacial score (nSPS) is 14.9. The number of nitrogens with zero attached hydrogens (tertiary/aromatic N) is 2. The molecule has 0 aliphatic carbocycles. The van der Waals surface area contributed by atoms with Crippen LogP contribution in [0.4, 0.5) is 0 Å². The van der Waals surface area contributed by atoms with Gasteiger partial charge in [0.2, 0.25) is 0 Å². The van der Waals surface area contributed by atoms with Gasteiger partial charge >= 0.3 is 0 Å². The summed E-state index contributed by atoms with van der Waals surface area (Å²) in [7, 11) is 0. The number of H-pyrrole nitrogens is 1. The molecule has 0 fully saturated rings. The highest BCUT2D eigenvalue weighted by Gasteiger charge is 2.24.